The van der Waals surface area contributed by atoms with Crippen LogP contribution < -0.4 is 4.74 Å². The van der Waals surface area contributed by atoms with Crippen LogP contribution in [0.25, 0.3) is 11.1 Å². The Kier molecular flexibility index (Phi) is 5.74. The van der Waals surface area contributed by atoms with Gasteiger partial charge in [-0.15, -0.1) is 6.58 Å². The number of rotatable bonds is 7. The summed E-state index contributed by atoms with van der Waals surface area (Å²) in [4.78, 5) is 0. The molecule has 0 aromatic heterocycles. The zero-order valence-corrected chi connectivity index (χ0v) is 14.8. The SMILES string of the molecule is C=CC1CCc2cc(-c3ccc(OCCCCC)cc3)ccc2C1. The standard InChI is InChI=1S/C23H28O/c1-3-5-6-15-24-23-13-11-19(12-14-23)21-10-9-20-16-18(4-2)7-8-22(20)17-21/h4,9-14,17-18H,2-3,5-8,15-16H2,1H3. The lowest BCUT2D eigenvalue weighted by molar-refractivity contribution is 0.306. The van der Waals surface area contributed by atoms with Crippen molar-refractivity contribution in [2.45, 2.75) is 45.4 Å². The third kappa shape index (κ3) is 4.08. The summed E-state index contributed by atoms with van der Waals surface area (Å²) < 4.78 is 5.80. The molecule has 0 heterocycles. The van der Waals surface area contributed by atoms with E-state index >= 15 is 0 Å². The van der Waals surface area contributed by atoms with E-state index in [4.69, 9.17) is 4.74 Å². The fraction of sp³-hybridized carbons (Fsp3) is 0.391. The minimum absolute atomic E-state index is 0.646. The van der Waals surface area contributed by atoms with Gasteiger partial charge < -0.3 is 4.74 Å². The van der Waals surface area contributed by atoms with Crippen LogP contribution in [0.5, 0.6) is 5.75 Å². The van der Waals surface area contributed by atoms with Crippen molar-refractivity contribution in [2.75, 3.05) is 6.61 Å². The molecule has 1 nitrogen and oxygen atoms in total. The molecule has 1 aliphatic rings. The molecule has 0 radical (unpaired) electrons. The summed E-state index contributed by atoms with van der Waals surface area (Å²) in [6, 6.07) is 15.4. The normalized spacial score (nSPS) is 16.5. The van der Waals surface area contributed by atoms with Crippen molar-refractivity contribution >= 4 is 0 Å². The van der Waals surface area contributed by atoms with Gasteiger partial charge in [-0.3, -0.25) is 0 Å². The third-order valence-electron chi connectivity index (χ3n) is 5.01. The van der Waals surface area contributed by atoms with Crippen LogP contribution in [-0.4, -0.2) is 6.61 Å². The van der Waals surface area contributed by atoms with E-state index in [-0.39, 0.29) is 0 Å². The Labute approximate surface area is 146 Å². The highest BCUT2D eigenvalue weighted by Gasteiger charge is 2.16. The van der Waals surface area contributed by atoms with Crippen molar-refractivity contribution in [3.8, 4) is 16.9 Å². The van der Waals surface area contributed by atoms with Crippen molar-refractivity contribution in [3.63, 3.8) is 0 Å². The summed E-state index contributed by atoms with van der Waals surface area (Å²) in [6.45, 7) is 6.98. The number of unbranched alkanes of at least 4 members (excludes halogenated alkanes) is 2. The Morgan fingerprint density at radius 1 is 1.04 bits per heavy atom. The number of ether oxygens (including phenoxy) is 1. The Morgan fingerprint density at radius 2 is 1.83 bits per heavy atom. The van der Waals surface area contributed by atoms with Crippen LogP contribution in [0.4, 0.5) is 0 Å². The molecule has 0 N–H and O–H groups in total. The third-order valence-corrected chi connectivity index (χ3v) is 5.01. The lowest BCUT2D eigenvalue weighted by Gasteiger charge is -2.22. The van der Waals surface area contributed by atoms with E-state index in [0.717, 1.165) is 25.2 Å². The Hall–Kier alpha value is -2.02. The first kappa shape index (κ1) is 16.8. The Balaban J connectivity index is 1.67. The summed E-state index contributed by atoms with van der Waals surface area (Å²) in [6.07, 6.45) is 9.24. The maximum Gasteiger partial charge on any atom is 0.119 e. The smallest absolute Gasteiger partial charge is 0.119 e. The van der Waals surface area contributed by atoms with Crippen molar-refractivity contribution in [1.29, 1.82) is 0 Å². The van der Waals surface area contributed by atoms with Gasteiger partial charge in [-0.25, -0.2) is 0 Å². The summed E-state index contributed by atoms with van der Waals surface area (Å²) in [5, 5.41) is 0. The molecule has 0 bridgehead atoms. The molecule has 0 amide bonds. The van der Waals surface area contributed by atoms with Crippen LogP contribution in [0, 0.1) is 5.92 Å². The van der Waals surface area contributed by atoms with Gasteiger partial charge in [0.2, 0.25) is 0 Å². The van der Waals surface area contributed by atoms with E-state index in [9.17, 15) is 0 Å². The lowest BCUT2D eigenvalue weighted by atomic mass is 9.83. The number of hydrogen-bond donors (Lipinski definition) is 0. The molecule has 1 atom stereocenters. The van der Waals surface area contributed by atoms with Crippen LogP contribution in [0.3, 0.4) is 0 Å². The second-order valence-electron chi connectivity index (χ2n) is 6.80. The number of hydrogen-bond acceptors (Lipinski definition) is 1. The fourth-order valence-electron chi connectivity index (χ4n) is 3.45. The maximum atomic E-state index is 5.80. The number of fused-ring (bicyclic) bond motifs is 1. The fourth-order valence-corrected chi connectivity index (χ4v) is 3.45. The quantitative estimate of drug-likeness (QED) is 0.435. The van der Waals surface area contributed by atoms with Crippen LogP contribution in [-0.2, 0) is 12.8 Å². The zero-order chi connectivity index (χ0) is 16.8. The molecule has 0 saturated carbocycles. The van der Waals surface area contributed by atoms with Gasteiger partial charge in [0.25, 0.3) is 0 Å². The van der Waals surface area contributed by atoms with Crippen LogP contribution in [0.1, 0.15) is 43.7 Å². The van der Waals surface area contributed by atoms with Gasteiger partial charge in [0.15, 0.2) is 0 Å². The molecule has 126 valence electrons. The maximum absolute atomic E-state index is 5.80. The van der Waals surface area contributed by atoms with Gasteiger partial charge in [-0.1, -0.05) is 56.2 Å². The van der Waals surface area contributed by atoms with Crippen molar-refractivity contribution < 1.29 is 4.74 Å². The van der Waals surface area contributed by atoms with E-state index in [2.05, 4.69) is 62.0 Å². The molecular weight excluding hydrogens is 292 g/mol. The number of aryl methyl sites for hydroxylation is 1. The Morgan fingerprint density at radius 3 is 2.58 bits per heavy atom. The van der Waals surface area contributed by atoms with E-state index < -0.39 is 0 Å². The van der Waals surface area contributed by atoms with Gasteiger partial charge in [-0.2, -0.15) is 0 Å². The highest BCUT2D eigenvalue weighted by Crippen LogP contribution is 2.31. The highest BCUT2D eigenvalue weighted by molar-refractivity contribution is 5.66. The number of allylic oxidation sites excluding steroid dienone is 1. The predicted molar refractivity (Wildman–Crippen MR) is 103 cm³/mol. The largest absolute Gasteiger partial charge is 0.494 e. The summed E-state index contributed by atoms with van der Waals surface area (Å²) >= 11 is 0. The highest BCUT2D eigenvalue weighted by atomic mass is 16.5. The van der Waals surface area contributed by atoms with Crippen LogP contribution in [0.15, 0.2) is 55.1 Å². The van der Waals surface area contributed by atoms with Crippen LogP contribution in [0.2, 0.25) is 0 Å². The first-order valence-electron chi connectivity index (χ1n) is 9.27. The minimum Gasteiger partial charge on any atom is -0.494 e. The molecule has 24 heavy (non-hydrogen) atoms. The van der Waals surface area contributed by atoms with Gasteiger partial charge in [-0.05, 0) is 66.0 Å². The van der Waals surface area contributed by atoms with Crippen LogP contribution >= 0.6 is 0 Å². The zero-order valence-electron chi connectivity index (χ0n) is 14.8. The first-order chi connectivity index (χ1) is 11.8. The second kappa shape index (κ2) is 8.19. The molecule has 0 saturated heterocycles. The van der Waals surface area contributed by atoms with Gasteiger partial charge in [0, 0.05) is 0 Å². The second-order valence-corrected chi connectivity index (χ2v) is 6.80. The van der Waals surface area contributed by atoms with E-state index in [1.54, 1.807) is 0 Å². The lowest BCUT2D eigenvalue weighted by Crippen LogP contribution is -2.11. The molecular formula is C23H28O. The monoisotopic (exact) mass is 320 g/mol. The van der Waals surface area contributed by atoms with Crippen molar-refractivity contribution in [3.05, 3.63) is 66.2 Å². The van der Waals surface area contributed by atoms with Crippen molar-refractivity contribution in [1.82, 2.24) is 0 Å². The topological polar surface area (TPSA) is 9.23 Å². The summed E-state index contributed by atoms with van der Waals surface area (Å²) in [5.41, 5.74) is 5.57. The molecule has 2 aromatic carbocycles. The van der Waals surface area contributed by atoms with Crippen molar-refractivity contribution in [2.24, 2.45) is 5.92 Å². The molecule has 2 aromatic rings. The molecule has 0 fully saturated rings. The number of benzene rings is 2. The summed E-state index contributed by atoms with van der Waals surface area (Å²) in [7, 11) is 0. The Bertz CT molecular complexity index is 669. The molecule has 1 heteroatoms. The molecule has 1 unspecified atom stereocenters. The van der Waals surface area contributed by atoms with E-state index in [0.29, 0.717) is 5.92 Å². The minimum atomic E-state index is 0.646. The molecule has 1 aliphatic carbocycles. The molecule has 3 rings (SSSR count). The molecule has 0 spiro atoms. The van der Waals surface area contributed by atoms with E-state index in [1.807, 2.05) is 0 Å². The van der Waals surface area contributed by atoms with Gasteiger partial charge in [0.05, 0.1) is 6.61 Å². The van der Waals surface area contributed by atoms with E-state index in [1.165, 1.54) is 47.9 Å². The average Bonchev–Trinajstić information content (AvgIpc) is 2.65. The molecule has 0 aliphatic heterocycles. The summed E-state index contributed by atoms with van der Waals surface area (Å²) in [5.74, 6) is 1.62. The van der Waals surface area contributed by atoms with Gasteiger partial charge >= 0.3 is 0 Å². The predicted octanol–water partition coefficient (Wildman–Crippen LogP) is 6.21. The first-order valence-corrected chi connectivity index (χ1v) is 9.27. The average molecular weight is 320 g/mol. The van der Waals surface area contributed by atoms with Gasteiger partial charge in [0.1, 0.15) is 5.75 Å².